The van der Waals surface area contributed by atoms with E-state index in [0.717, 1.165) is 31.7 Å². The van der Waals surface area contributed by atoms with Gasteiger partial charge in [-0.15, -0.1) is 11.3 Å². The first kappa shape index (κ1) is 23.3. The zero-order valence-corrected chi connectivity index (χ0v) is 20.1. The molecule has 1 aliphatic carbocycles. The van der Waals surface area contributed by atoms with Gasteiger partial charge in [0.2, 0.25) is 0 Å². The highest BCUT2D eigenvalue weighted by atomic mass is 79.9. The van der Waals surface area contributed by atoms with Gasteiger partial charge in [0.05, 0.1) is 5.52 Å². The van der Waals surface area contributed by atoms with Gasteiger partial charge < -0.3 is 10.2 Å². The van der Waals surface area contributed by atoms with E-state index in [2.05, 4.69) is 31.2 Å². The lowest BCUT2D eigenvalue weighted by atomic mass is 9.90. The van der Waals surface area contributed by atoms with Crippen molar-refractivity contribution in [3.63, 3.8) is 0 Å². The Morgan fingerprint density at radius 2 is 1.94 bits per heavy atom. The summed E-state index contributed by atoms with van der Waals surface area (Å²) in [6.45, 7) is 0. The molecule has 0 aliphatic heterocycles. The molecular weight excluding hydrogens is 529 g/mol. The largest absolute Gasteiger partial charge is 0.433 e. The molecule has 2 heterocycles. The second-order valence-electron chi connectivity index (χ2n) is 7.75. The summed E-state index contributed by atoms with van der Waals surface area (Å²) in [5.74, 6) is -0.206. The Balaban J connectivity index is 1.51. The number of amides is 1. The SMILES string of the molecule is CN(c1cc(C(F)(F)F)nc2ccc(Cl)cc12)C1CCC(NC(=O)c2nc(Br)cs2)CC1. The summed E-state index contributed by atoms with van der Waals surface area (Å²) in [6, 6.07) is 5.82. The van der Waals surface area contributed by atoms with Crippen LogP contribution in [-0.2, 0) is 6.18 Å². The molecular formula is C21H19BrClF3N4OS. The van der Waals surface area contributed by atoms with Crippen LogP contribution in [0.3, 0.4) is 0 Å². The maximum absolute atomic E-state index is 13.4. The van der Waals surface area contributed by atoms with Crippen LogP contribution in [-0.4, -0.2) is 35.0 Å². The van der Waals surface area contributed by atoms with Crippen LogP contribution in [0.25, 0.3) is 10.9 Å². The van der Waals surface area contributed by atoms with Crippen LogP contribution in [0.4, 0.5) is 18.9 Å². The fraction of sp³-hybridized carbons (Fsp3) is 0.381. The first-order valence-corrected chi connectivity index (χ1v) is 12.0. The lowest BCUT2D eigenvalue weighted by Gasteiger charge is -2.36. The number of fused-ring (bicyclic) bond motifs is 1. The number of halogens is 5. The van der Waals surface area contributed by atoms with Gasteiger partial charge in [0.25, 0.3) is 5.91 Å². The Kier molecular flexibility index (Phi) is 6.65. The number of anilines is 1. The summed E-state index contributed by atoms with van der Waals surface area (Å²) in [6.07, 6.45) is -1.63. The van der Waals surface area contributed by atoms with Gasteiger partial charge in [-0.3, -0.25) is 4.79 Å². The molecule has 1 aliphatic rings. The fourth-order valence-electron chi connectivity index (χ4n) is 4.03. The third-order valence-corrected chi connectivity index (χ3v) is 7.45. The van der Waals surface area contributed by atoms with Gasteiger partial charge in [-0.1, -0.05) is 11.6 Å². The topological polar surface area (TPSA) is 58.1 Å². The molecule has 2 aromatic heterocycles. The summed E-state index contributed by atoms with van der Waals surface area (Å²) in [7, 11) is 1.80. The maximum atomic E-state index is 13.4. The van der Waals surface area contributed by atoms with Gasteiger partial charge >= 0.3 is 6.18 Å². The third kappa shape index (κ3) is 5.02. The van der Waals surface area contributed by atoms with Crippen LogP contribution in [0.15, 0.2) is 34.2 Å². The summed E-state index contributed by atoms with van der Waals surface area (Å²) in [5, 5.41) is 6.18. The van der Waals surface area contributed by atoms with Crippen molar-refractivity contribution in [3.8, 4) is 0 Å². The average molecular weight is 548 g/mol. The number of thiazole rings is 1. The van der Waals surface area contributed by atoms with Gasteiger partial charge in [-0.2, -0.15) is 13.2 Å². The molecule has 0 bridgehead atoms. The van der Waals surface area contributed by atoms with E-state index in [4.69, 9.17) is 11.6 Å². The van der Waals surface area contributed by atoms with Crippen LogP contribution in [0, 0.1) is 0 Å². The number of alkyl halides is 3. The summed E-state index contributed by atoms with van der Waals surface area (Å²) in [5.41, 5.74) is -0.226. The molecule has 1 amide bonds. The molecule has 0 atom stereocenters. The van der Waals surface area contributed by atoms with Gasteiger partial charge in [-0.05, 0) is 65.9 Å². The van der Waals surface area contributed by atoms with E-state index < -0.39 is 11.9 Å². The first-order valence-electron chi connectivity index (χ1n) is 9.94. The maximum Gasteiger partial charge on any atom is 0.433 e. The van der Waals surface area contributed by atoms with E-state index in [1.807, 2.05) is 4.90 Å². The Morgan fingerprint density at radius 1 is 1.22 bits per heavy atom. The number of hydrogen-bond acceptors (Lipinski definition) is 5. The smallest absolute Gasteiger partial charge is 0.371 e. The molecule has 11 heteroatoms. The van der Waals surface area contributed by atoms with Crippen LogP contribution in [0.1, 0.15) is 41.2 Å². The average Bonchev–Trinajstić information content (AvgIpc) is 3.19. The molecule has 1 N–H and O–H groups in total. The van der Waals surface area contributed by atoms with Gasteiger partial charge in [-0.25, -0.2) is 9.97 Å². The van der Waals surface area contributed by atoms with Crippen molar-refractivity contribution in [2.45, 2.75) is 43.9 Å². The third-order valence-electron chi connectivity index (χ3n) is 5.67. The van der Waals surface area contributed by atoms with Crippen LogP contribution in [0.5, 0.6) is 0 Å². The van der Waals surface area contributed by atoms with Crippen molar-refractivity contribution >= 4 is 61.4 Å². The molecule has 0 spiro atoms. The van der Waals surface area contributed by atoms with Crippen molar-refractivity contribution in [1.82, 2.24) is 15.3 Å². The van der Waals surface area contributed by atoms with Crippen LogP contribution >= 0.6 is 38.9 Å². The van der Waals surface area contributed by atoms with E-state index in [0.29, 0.717) is 25.7 Å². The molecule has 170 valence electrons. The van der Waals surface area contributed by atoms with E-state index in [1.165, 1.54) is 23.5 Å². The second-order valence-corrected chi connectivity index (χ2v) is 9.86. The van der Waals surface area contributed by atoms with Gasteiger partial charge in [0, 0.05) is 40.6 Å². The molecule has 1 saturated carbocycles. The second kappa shape index (κ2) is 9.15. The highest BCUT2D eigenvalue weighted by molar-refractivity contribution is 9.10. The predicted octanol–water partition coefficient (Wildman–Crippen LogP) is 6.30. The monoisotopic (exact) mass is 546 g/mol. The van der Waals surface area contributed by atoms with E-state index in [-0.39, 0.29) is 23.5 Å². The van der Waals surface area contributed by atoms with Gasteiger partial charge in [0.1, 0.15) is 10.3 Å². The fourth-order valence-corrected chi connectivity index (χ4v) is 5.35. The van der Waals surface area contributed by atoms with E-state index in [1.54, 1.807) is 18.5 Å². The van der Waals surface area contributed by atoms with Crippen LogP contribution in [0.2, 0.25) is 5.02 Å². The molecule has 0 radical (unpaired) electrons. The number of nitrogens with one attached hydrogen (secondary N) is 1. The first-order chi connectivity index (χ1) is 15.1. The van der Waals surface area contributed by atoms with Crippen molar-refractivity contribution in [2.24, 2.45) is 0 Å². The van der Waals surface area contributed by atoms with Gasteiger partial charge in [0.15, 0.2) is 5.01 Å². The summed E-state index contributed by atoms with van der Waals surface area (Å²) in [4.78, 5) is 22.1. The normalized spacial score (nSPS) is 19.2. The highest BCUT2D eigenvalue weighted by Gasteiger charge is 2.35. The molecule has 4 rings (SSSR count). The number of nitrogens with zero attached hydrogens (tertiary/aromatic N) is 3. The molecule has 5 nitrogen and oxygen atoms in total. The zero-order valence-electron chi connectivity index (χ0n) is 16.9. The van der Waals surface area contributed by atoms with Crippen molar-refractivity contribution in [3.05, 3.63) is 50.0 Å². The Labute approximate surface area is 200 Å². The standard InChI is InChI=1S/C21H19BrClF3N4OS/c1-30(13-5-3-12(4-6-13)27-19(31)20-29-18(22)10-32-20)16-9-17(21(24,25)26)28-15-7-2-11(23)8-14(15)16/h2,7-10,12-13H,3-6H2,1H3,(H,27,31). The summed E-state index contributed by atoms with van der Waals surface area (Å²) < 4.78 is 40.9. The number of aromatic nitrogens is 2. The minimum Gasteiger partial charge on any atom is -0.371 e. The molecule has 1 fully saturated rings. The number of carbonyl (C=O) groups is 1. The van der Waals surface area contributed by atoms with E-state index >= 15 is 0 Å². The zero-order chi connectivity index (χ0) is 23.0. The Bertz CT molecular complexity index is 1150. The molecule has 0 saturated heterocycles. The number of rotatable bonds is 4. The lowest BCUT2D eigenvalue weighted by Crippen LogP contribution is -2.43. The Morgan fingerprint density at radius 3 is 2.56 bits per heavy atom. The highest BCUT2D eigenvalue weighted by Crippen LogP contribution is 2.37. The van der Waals surface area contributed by atoms with E-state index in [9.17, 15) is 18.0 Å². The molecule has 3 aromatic rings. The quantitative estimate of drug-likeness (QED) is 0.416. The van der Waals surface area contributed by atoms with Crippen molar-refractivity contribution < 1.29 is 18.0 Å². The van der Waals surface area contributed by atoms with Crippen molar-refractivity contribution in [1.29, 1.82) is 0 Å². The number of carbonyl (C=O) groups excluding carboxylic acids is 1. The molecule has 32 heavy (non-hydrogen) atoms. The summed E-state index contributed by atoms with van der Waals surface area (Å²) >= 11 is 10.6. The number of benzene rings is 1. The molecule has 1 aromatic carbocycles. The molecule has 0 unspecified atom stereocenters. The minimum atomic E-state index is -4.55. The number of pyridine rings is 1. The number of hydrogen-bond donors (Lipinski definition) is 1. The van der Waals surface area contributed by atoms with Crippen molar-refractivity contribution in [2.75, 3.05) is 11.9 Å². The predicted molar refractivity (Wildman–Crippen MR) is 123 cm³/mol. The van der Waals surface area contributed by atoms with Crippen LogP contribution < -0.4 is 10.2 Å². The minimum absolute atomic E-state index is 0.00388. The Hall–Kier alpha value is -1.91. The lowest BCUT2D eigenvalue weighted by molar-refractivity contribution is -0.140.